The maximum atomic E-state index is 8.90. The average Bonchev–Trinajstić information content (AvgIpc) is 2.19. The molecule has 0 radical (unpaired) electrons. The predicted molar refractivity (Wildman–Crippen MR) is 58.6 cm³/mol. The van der Waals surface area contributed by atoms with Crippen molar-refractivity contribution in [1.82, 2.24) is 0 Å². The van der Waals surface area contributed by atoms with Crippen LogP contribution in [-0.4, -0.2) is 0 Å². The molecule has 0 amide bonds. The molecule has 2 atom stereocenters. The number of nitrogens with zero attached hydrogens (tertiary/aromatic N) is 3. The van der Waals surface area contributed by atoms with Gasteiger partial charge in [0.15, 0.2) is 0 Å². The third-order valence-corrected chi connectivity index (χ3v) is 3.37. The highest BCUT2D eigenvalue weighted by Crippen LogP contribution is 2.36. The molecule has 1 aliphatic rings. The number of nitriles is 3. The van der Waals surface area contributed by atoms with Crippen molar-refractivity contribution in [1.29, 1.82) is 15.8 Å². The minimum atomic E-state index is -0.363. The number of hydrogen-bond acceptors (Lipinski definition) is 3. The molecule has 68 valence electrons. The van der Waals surface area contributed by atoms with Crippen LogP contribution in [0.25, 0.3) is 0 Å². The Balaban J connectivity index is 3.29. The zero-order valence-electron chi connectivity index (χ0n) is 7.45. The average molecular weight is 295 g/mol. The lowest BCUT2D eigenvalue weighted by molar-refractivity contribution is 0.592. The van der Waals surface area contributed by atoms with Crippen LogP contribution in [0, 0.1) is 45.8 Å². The lowest BCUT2D eigenvalue weighted by atomic mass is 9.82. The van der Waals surface area contributed by atoms with E-state index in [-0.39, 0.29) is 11.8 Å². The molecule has 0 aliphatic heterocycles. The summed E-state index contributed by atoms with van der Waals surface area (Å²) in [6, 6.07) is 6.14. The molecule has 0 heterocycles. The van der Waals surface area contributed by atoms with Gasteiger partial charge in [0.05, 0.1) is 29.7 Å². The van der Waals surface area contributed by atoms with E-state index in [1.807, 2.05) is 35.6 Å². The number of allylic oxidation sites excluding steroid dienone is 4. The molecule has 3 nitrogen and oxygen atoms in total. The molecule has 0 spiro atoms. The SMILES string of the molecule is CC1C(C#N)=C(I)C(C#N)=CC1C#N. The molecule has 0 aromatic heterocycles. The normalized spacial score (nSPS) is 25.8. The molecule has 0 bridgehead atoms. The van der Waals surface area contributed by atoms with Crippen molar-refractivity contribution in [3.8, 4) is 18.2 Å². The van der Waals surface area contributed by atoms with E-state index < -0.39 is 0 Å². The van der Waals surface area contributed by atoms with Gasteiger partial charge in [-0.15, -0.1) is 0 Å². The molecule has 0 fully saturated rings. The van der Waals surface area contributed by atoms with Crippen molar-refractivity contribution in [3.63, 3.8) is 0 Å². The Hall–Kier alpha value is -1.32. The van der Waals surface area contributed by atoms with Crippen molar-refractivity contribution in [2.24, 2.45) is 11.8 Å². The summed E-state index contributed by atoms with van der Waals surface area (Å²) in [4.78, 5) is 0. The molecule has 4 heteroatoms. The van der Waals surface area contributed by atoms with Crippen LogP contribution in [0.2, 0.25) is 0 Å². The van der Waals surface area contributed by atoms with Crippen LogP contribution < -0.4 is 0 Å². The highest BCUT2D eigenvalue weighted by atomic mass is 127. The lowest BCUT2D eigenvalue weighted by Crippen LogP contribution is -2.15. The first-order valence-corrected chi connectivity index (χ1v) is 5.05. The molecule has 0 saturated carbocycles. The summed E-state index contributed by atoms with van der Waals surface area (Å²) in [5.41, 5.74) is 0.975. The Kier molecular flexibility index (Phi) is 3.28. The molecule has 1 rings (SSSR count). The molecule has 2 unspecified atom stereocenters. The maximum absolute atomic E-state index is 8.90. The van der Waals surface area contributed by atoms with E-state index in [1.54, 1.807) is 6.08 Å². The summed E-state index contributed by atoms with van der Waals surface area (Å²) in [6.07, 6.45) is 1.63. The molecular formula is C10H6IN3. The second-order valence-electron chi connectivity index (χ2n) is 2.98. The minimum absolute atomic E-state index is 0.117. The molecule has 1 aliphatic carbocycles. The molecule has 0 aromatic rings. The number of rotatable bonds is 0. The van der Waals surface area contributed by atoms with Crippen LogP contribution >= 0.6 is 22.6 Å². The maximum Gasteiger partial charge on any atom is 0.1000 e. The van der Waals surface area contributed by atoms with E-state index in [0.29, 0.717) is 14.7 Å². The van der Waals surface area contributed by atoms with Crippen molar-refractivity contribution in [3.05, 3.63) is 20.8 Å². The first kappa shape index (κ1) is 10.8. The van der Waals surface area contributed by atoms with Crippen LogP contribution in [0.1, 0.15) is 6.92 Å². The Morgan fingerprint density at radius 2 is 1.93 bits per heavy atom. The zero-order chi connectivity index (χ0) is 10.7. The van der Waals surface area contributed by atoms with E-state index in [2.05, 4.69) is 12.1 Å². The van der Waals surface area contributed by atoms with Gasteiger partial charge in [-0.1, -0.05) is 6.92 Å². The minimum Gasteiger partial charge on any atom is -0.198 e. The first-order chi connectivity index (χ1) is 6.65. The van der Waals surface area contributed by atoms with Crippen molar-refractivity contribution in [2.75, 3.05) is 0 Å². The highest BCUT2D eigenvalue weighted by Gasteiger charge is 2.27. The van der Waals surface area contributed by atoms with Crippen LogP contribution in [0.15, 0.2) is 20.8 Å². The summed E-state index contributed by atoms with van der Waals surface area (Å²) >= 11 is 1.98. The fourth-order valence-electron chi connectivity index (χ4n) is 1.31. The molecular weight excluding hydrogens is 289 g/mol. The van der Waals surface area contributed by atoms with E-state index in [9.17, 15) is 0 Å². The van der Waals surface area contributed by atoms with Crippen LogP contribution in [0.3, 0.4) is 0 Å². The van der Waals surface area contributed by atoms with Gasteiger partial charge >= 0.3 is 0 Å². The Morgan fingerprint density at radius 3 is 2.36 bits per heavy atom. The van der Waals surface area contributed by atoms with Gasteiger partial charge in [-0.2, -0.15) is 15.8 Å². The van der Waals surface area contributed by atoms with Crippen molar-refractivity contribution >= 4 is 22.6 Å². The standard InChI is InChI=1S/C10H6IN3/c1-6-7(3-12)2-8(4-13)10(11)9(6)5-14/h2,6-7H,1H3. The summed E-state index contributed by atoms with van der Waals surface area (Å²) in [5.74, 6) is -0.480. The Morgan fingerprint density at radius 1 is 1.29 bits per heavy atom. The first-order valence-electron chi connectivity index (χ1n) is 3.97. The van der Waals surface area contributed by atoms with Crippen LogP contribution in [-0.2, 0) is 0 Å². The Labute approximate surface area is 96.1 Å². The predicted octanol–water partition coefficient (Wildman–Crippen LogP) is 2.44. The molecule has 0 aromatic carbocycles. The van der Waals surface area contributed by atoms with Gasteiger partial charge in [0.25, 0.3) is 0 Å². The Bertz CT molecular complexity index is 439. The fraction of sp³-hybridized carbons (Fsp3) is 0.300. The van der Waals surface area contributed by atoms with Gasteiger partial charge in [-0.05, 0) is 28.7 Å². The van der Waals surface area contributed by atoms with Gasteiger partial charge in [-0.25, -0.2) is 0 Å². The van der Waals surface area contributed by atoms with E-state index in [4.69, 9.17) is 15.8 Å². The van der Waals surface area contributed by atoms with Crippen molar-refractivity contribution in [2.45, 2.75) is 6.92 Å². The van der Waals surface area contributed by atoms with Gasteiger partial charge in [-0.3, -0.25) is 0 Å². The third-order valence-electron chi connectivity index (χ3n) is 2.20. The van der Waals surface area contributed by atoms with E-state index in [1.165, 1.54) is 0 Å². The van der Waals surface area contributed by atoms with Gasteiger partial charge < -0.3 is 0 Å². The van der Waals surface area contributed by atoms with Gasteiger partial charge in [0.2, 0.25) is 0 Å². The van der Waals surface area contributed by atoms with Crippen molar-refractivity contribution < 1.29 is 0 Å². The topological polar surface area (TPSA) is 71.4 Å². The van der Waals surface area contributed by atoms with Crippen LogP contribution in [0.5, 0.6) is 0 Å². The van der Waals surface area contributed by atoms with Crippen LogP contribution in [0.4, 0.5) is 0 Å². The summed E-state index contributed by atoms with van der Waals surface area (Å²) in [6.45, 7) is 1.83. The zero-order valence-corrected chi connectivity index (χ0v) is 9.61. The fourth-order valence-corrected chi connectivity index (χ4v) is 2.22. The van der Waals surface area contributed by atoms with Gasteiger partial charge in [0, 0.05) is 15.1 Å². The van der Waals surface area contributed by atoms with Gasteiger partial charge in [0.1, 0.15) is 0 Å². The number of halogens is 1. The largest absolute Gasteiger partial charge is 0.198 e. The molecule has 0 N–H and O–H groups in total. The lowest BCUT2D eigenvalue weighted by Gasteiger charge is -2.20. The highest BCUT2D eigenvalue weighted by molar-refractivity contribution is 14.1. The smallest absolute Gasteiger partial charge is 0.1000 e. The summed E-state index contributed by atoms with van der Waals surface area (Å²) in [5, 5.41) is 26.5. The molecule has 14 heavy (non-hydrogen) atoms. The van der Waals surface area contributed by atoms with E-state index in [0.717, 1.165) is 0 Å². The molecule has 0 saturated heterocycles. The quantitative estimate of drug-likeness (QED) is 0.644. The second kappa shape index (κ2) is 4.26. The summed E-state index contributed by atoms with van der Waals surface area (Å²) in [7, 11) is 0. The monoisotopic (exact) mass is 295 g/mol. The number of hydrogen-bond donors (Lipinski definition) is 0. The summed E-state index contributed by atoms with van der Waals surface area (Å²) < 4.78 is 0.673. The van der Waals surface area contributed by atoms with E-state index >= 15 is 0 Å². The second-order valence-corrected chi connectivity index (χ2v) is 4.05. The third kappa shape index (κ3) is 1.64.